The fourth-order valence-corrected chi connectivity index (χ4v) is 1.90. The van der Waals surface area contributed by atoms with Crippen LogP contribution in [0.15, 0.2) is 36.9 Å². The van der Waals surface area contributed by atoms with Gasteiger partial charge in [0, 0.05) is 0 Å². The summed E-state index contributed by atoms with van der Waals surface area (Å²) in [6.07, 6.45) is 2.87. The van der Waals surface area contributed by atoms with Crippen molar-refractivity contribution < 1.29 is 4.74 Å². The summed E-state index contributed by atoms with van der Waals surface area (Å²) < 4.78 is 5.78. The molecule has 0 aromatic heterocycles. The van der Waals surface area contributed by atoms with E-state index in [4.69, 9.17) is 4.74 Å². The normalized spacial score (nSPS) is 26.4. The van der Waals surface area contributed by atoms with Crippen LogP contribution in [0.5, 0.6) is 0 Å². The van der Waals surface area contributed by atoms with Gasteiger partial charge in [-0.05, 0) is 30.9 Å². The average Bonchev–Trinajstić information content (AvgIpc) is 2.65. The van der Waals surface area contributed by atoms with Gasteiger partial charge in [-0.2, -0.15) is 0 Å². The Labute approximate surface area is 85.4 Å². The van der Waals surface area contributed by atoms with Crippen molar-refractivity contribution in [2.24, 2.45) is 0 Å². The monoisotopic (exact) mass is 188 g/mol. The first-order valence-corrected chi connectivity index (χ1v) is 5.17. The second-order valence-electron chi connectivity index (χ2n) is 3.90. The summed E-state index contributed by atoms with van der Waals surface area (Å²) in [6, 6.07) is 10.3. The van der Waals surface area contributed by atoms with Gasteiger partial charge in [-0.25, -0.2) is 0 Å². The van der Waals surface area contributed by atoms with E-state index in [0.29, 0.717) is 6.10 Å². The predicted octanol–water partition coefficient (Wildman–Crippen LogP) is 3.27. The molecule has 1 heterocycles. The molecule has 0 unspecified atom stereocenters. The maximum atomic E-state index is 5.78. The zero-order valence-electron chi connectivity index (χ0n) is 8.57. The Hall–Kier alpha value is -1.08. The van der Waals surface area contributed by atoms with Crippen LogP contribution in [0.3, 0.4) is 0 Å². The summed E-state index contributed by atoms with van der Waals surface area (Å²) in [5.41, 5.74) is 2.32. The molecule has 1 nitrogen and oxygen atoms in total. The third-order valence-electron chi connectivity index (χ3n) is 2.77. The van der Waals surface area contributed by atoms with Gasteiger partial charge in [0.2, 0.25) is 0 Å². The fraction of sp³-hybridized carbons (Fsp3) is 0.385. The van der Waals surface area contributed by atoms with Crippen molar-refractivity contribution in [1.82, 2.24) is 0 Å². The molecule has 1 fully saturated rings. The fourth-order valence-electron chi connectivity index (χ4n) is 1.90. The lowest BCUT2D eigenvalue weighted by Gasteiger charge is -2.14. The highest BCUT2D eigenvalue weighted by molar-refractivity contribution is 5.66. The second-order valence-corrected chi connectivity index (χ2v) is 3.90. The van der Waals surface area contributed by atoms with E-state index >= 15 is 0 Å². The van der Waals surface area contributed by atoms with Gasteiger partial charge in [0.05, 0.1) is 12.2 Å². The van der Waals surface area contributed by atoms with Gasteiger partial charge < -0.3 is 4.74 Å². The molecule has 1 aromatic carbocycles. The minimum absolute atomic E-state index is 0.229. The summed E-state index contributed by atoms with van der Waals surface area (Å²) in [5, 5.41) is 0. The number of hydrogen-bond donors (Lipinski definition) is 0. The number of ether oxygens (including phenoxy) is 1. The van der Waals surface area contributed by atoms with Gasteiger partial charge in [0.25, 0.3) is 0 Å². The Balaban J connectivity index is 2.10. The summed E-state index contributed by atoms with van der Waals surface area (Å²) in [6.45, 7) is 6.24. The van der Waals surface area contributed by atoms with E-state index in [1.807, 2.05) is 18.2 Å². The van der Waals surface area contributed by atoms with Crippen LogP contribution in [0.1, 0.15) is 25.3 Å². The molecule has 74 valence electrons. The maximum Gasteiger partial charge on any atom is 0.0829 e. The Morgan fingerprint density at radius 1 is 1.29 bits per heavy atom. The standard InChI is InChI=1S/C13H16O/c1-10-8-9-13(14-10)11(2)12-6-4-3-5-7-12/h3-7,10,13H,2,8-9H2,1H3/t10-,13+/m0/s1. The van der Waals surface area contributed by atoms with Crippen molar-refractivity contribution in [3.8, 4) is 0 Å². The summed E-state index contributed by atoms with van der Waals surface area (Å²) in [7, 11) is 0. The van der Waals surface area contributed by atoms with E-state index in [2.05, 4.69) is 25.6 Å². The molecule has 0 bridgehead atoms. The van der Waals surface area contributed by atoms with Gasteiger partial charge in [-0.15, -0.1) is 0 Å². The van der Waals surface area contributed by atoms with Crippen LogP contribution in [-0.2, 0) is 4.74 Å². The molecular weight excluding hydrogens is 172 g/mol. The SMILES string of the molecule is C=C(c1ccccc1)[C@H]1CC[C@H](C)O1. The molecule has 1 saturated heterocycles. The van der Waals surface area contributed by atoms with Crippen LogP contribution >= 0.6 is 0 Å². The molecule has 0 amide bonds. The molecule has 1 aliphatic rings. The molecule has 0 N–H and O–H groups in total. The molecular formula is C13H16O. The van der Waals surface area contributed by atoms with E-state index in [1.165, 1.54) is 5.56 Å². The number of hydrogen-bond acceptors (Lipinski definition) is 1. The zero-order chi connectivity index (χ0) is 9.97. The van der Waals surface area contributed by atoms with Crippen molar-refractivity contribution >= 4 is 5.57 Å². The first-order chi connectivity index (χ1) is 6.77. The van der Waals surface area contributed by atoms with Crippen molar-refractivity contribution in [2.45, 2.75) is 32.0 Å². The quantitative estimate of drug-likeness (QED) is 0.692. The van der Waals surface area contributed by atoms with E-state index in [9.17, 15) is 0 Å². The zero-order valence-corrected chi connectivity index (χ0v) is 8.57. The highest BCUT2D eigenvalue weighted by Gasteiger charge is 2.24. The minimum atomic E-state index is 0.229. The Morgan fingerprint density at radius 2 is 2.00 bits per heavy atom. The molecule has 0 spiro atoms. The number of rotatable bonds is 2. The van der Waals surface area contributed by atoms with Gasteiger partial charge in [-0.1, -0.05) is 36.9 Å². The van der Waals surface area contributed by atoms with Crippen LogP contribution < -0.4 is 0 Å². The molecule has 2 rings (SSSR count). The topological polar surface area (TPSA) is 9.23 Å². The first-order valence-electron chi connectivity index (χ1n) is 5.17. The number of benzene rings is 1. The lowest BCUT2D eigenvalue weighted by Crippen LogP contribution is -2.09. The molecule has 0 aliphatic carbocycles. The Kier molecular flexibility index (Phi) is 2.69. The van der Waals surface area contributed by atoms with Crippen molar-refractivity contribution in [1.29, 1.82) is 0 Å². The molecule has 1 aromatic rings. The molecule has 0 saturated carbocycles. The Bertz CT molecular complexity index is 315. The van der Waals surface area contributed by atoms with E-state index in [1.54, 1.807) is 0 Å². The van der Waals surface area contributed by atoms with E-state index < -0.39 is 0 Å². The third kappa shape index (κ3) is 1.88. The first kappa shape index (κ1) is 9.47. The van der Waals surface area contributed by atoms with Crippen molar-refractivity contribution in [3.63, 3.8) is 0 Å². The van der Waals surface area contributed by atoms with Crippen molar-refractivity contribution in [3.05, 3.63) is 42.5 Å². The largest absolute Gasteiger partial charge is 0.371 e. The molecule has 0 radical (unpaired) electrons. The van der Waals surface area contributed by atoms with Crippen LogP contribution in [0, 0.1) is 0 Å². The van der Waals surface area contributed by atoms with Crippen LogP contribution in [0.2, 0.25) is 0 Å². The molecule has 1 heteroatoms. The maximum absolute atomic E-state index is 5.78. The lowest BCUT2D eigenvalue weighted by atomic mass is 10.0. The van der Waals surface area contributed by atoms with Crippen molar-refractivity contribution in [2.75, 3.05) is 0 Å². The van der Waals surface area contributed by atoms with Gasteiger partial charge in [-0.3, -0.25) is 0 Å². The summed E-state index contributed by atoms with van der Waals surface area (Å²) >= 11 is 0. The van der Waals surface area contributed by atoms with E-state index in [-0.39, 0.29) is 6.10 Å². The predicted molar refractivity (Wildman–Crippen MR) is 59.0 cm³/mol. The average molecular weight is 188 g/mol. The highest BCUT2D eigenvalue weighted by atomic mass is 16.5. The smallest absolute Gasteiger partial charge is 0.0829 e. The van der Waals surface area contributed by atoms with Crippen LogP contribution in [0.25, 0.3) is 5.57 Å². The van der Waals surface area contributed by atoms with Gasteiger partial charge in [0.15, 0.2) is 0 Å². The molecule has 1 aliphatic heterocycles. The third-order valence-corrected chi connectivity index (χ3v) is 2.77. The van der Waals surface area contributed by atoms with E-state index in [0.717, 1.165) is 18.4 Å². The minimum Gasteiger partial charge on any atom is -0.371 e. The van der Waals surface area contributed by atoms with Crippen LogP contribution in [0.4, 0.5) is 0 Å². The van der Waals surface area contributed by atoms with Gasteiger partial charge in [0.1, 0.15) is 0 Å². The highest BCUT2D eigenvalue weighted by Crippen LogP contribution is 2.29. The van der Waals surface area contributed by atoms with Crippen LogP contribution in [-0.4, -0.2) is 12.2 Å². The second kappa shape index (κ2) is 3.97. The summed E-state index contributed by atoms with van der Waals surface area (Å²) in [5.74, 6) is 0. The molecule has 14 heavy (non-hydrogen) atoms. The lowest BCUT2D eigenvalue weighted by molar-refractivity contribution is 0.0888. The Morgan fingerprint density at radius 3 is 2.57 bits per heavy atom. The van der Waals surface area contributed by atoms with Gasteiger partial charge >= 0.3 is 0 Å². The summed E-state index contributed by atoms with van der Waals surface area (Å²) in [4.78, 5) is 0. The molecule has 2 atom stereocenters.